The third-order valence-electron chi connectivity index (χ3n) is 3.92. The molecular weight excluding hydrogens is 306 g/mol. The monoisotopic (exact) mass is 325 g/mol. The molecule has 0 aliphatic heterocycles. The van der Waals surface area contributed by atoms with Crippen LogP contribution in [0.4, 0.5) is 5.69 Å². The summed E-state index contributed by atoms with van der Waals surface area (Å²) >= 11 is 0. The van der Waals surface area contributed by atoms with Crippen molar-refractivity contribution in [1.82, 2.24) is 30.0 Å². The number of aromatic nitrogens is 6. The third-order valence-corrected chi connectivity index (χ3v) is 3.92. The van der Waals surface area contributed by atoms with Crippen LogP contribution in [0.3, 0.4) is 0 Å². The predicted molar refractivity (Wildman–Crippen MR) is 89.6 cm³/mol. The molecule has 24 heavy (non-hydrogen) atoms. The zero-order valence-electron chi connectivity index (χ0n) is 14.1. The zero-order chi connectivity index (χ0) is 17.3. The first-order chi connectivity index (χ1) is 11.5. The number of anilines is 1. The van der Waals surface area contributed by atoms with Crippen LogP contribution >= 0.6 is 0 Å². The van der Waals surface area contributed by atoms with Crippen molar-refractivity contribution in [3.8, 4) is 11.4 Å². The maximum absolute atomic E-state index is 12.6. The third kappa shape index (κ3) is 2.78. The van der Waals surface area contributed by atoms with Gasteiger partial charge in [-0.3, -0.25) is 9.48 Å². The van der Waals surface area contributed by atoms with Crippen molar-refractivity contribution in [2.24, 2.45) is 7.05 Å². The Labute approximate surface area is 139 Å². The molecular formula is C16H19N7O. The van der Waals surface area contributed by atoms with Gasteiger partial charge in [0.1, 0.15) is 0 Å². The second-order valence-corrected chi connectivity index (χ2v) is 5.52. The van der Waals surface area contributed by atoms with Crippen LogP contribution in [0.5, 0.6) is 0 Å². The van der Waals surface area contributed by atoms with Crippen molar-refractivity contribution in [2.45, 2.75) is 27.3 Å². The summed E-state index contributed by atoms with van der Waals surface area (Å²) in [6.07, 6.45) is 0. The molecule has 0 aliphatic rings. The number of amides is 1. The molecule has 0 atom stereocenters. The second-order valence-electron chi connectivity index (χ2n) is 5.52. The summed E-state index contributed by atoms with van der Waals surface area (Å²) in [7, 11) is 1.76. The number of aryl methyl sites for hydroxylation is 3. The highest BCUT2D eigenvalue weighted by atomic mass is 16.1. The normalized spacial score (nSPS) is 10.8. The van der Waals surface area contributed by atoms with E-state index in [0.29, 0.717) is 11.4 Å². The van der Waals surface area contributed by atoms with E-state index in [1.807, 2.05) is 37.6 Å². The summed E-state index contributed by atoms with van der Waals surface area (Å²) in [5.74, 6) is 0.421. The Hall–Kier alpha value is -3.03. The molecule has 0 unspecified atom stereocenters. The lowest BCUT2D eigenvalue weighted by Gasteiger charge is -2.07. The van der Waals surface area contributed by atoms with Crippen molar-refractivity contribution in [1.29, 1.82) is 0 Å². The highest BCUT2D eigenvalue weighted by molar-refractivity contribution is 6.05. The van der Waals surface area contributed by atoms with Gasteiger partial charge in [0.2, 0.25) is 0 Å². The van der Waals surface area contributed by atoms with Gasteiger partial charge in [-0.2, -0.15) is 5.10 Å². The van der Waals surface area contributed by atoms with Gasteiger partial charge in [-0.1, -0.05) is 12.1 Å². The fraction of sp³-hybridized carbons (Fsp3) is 0.312. The van der Waals surface area contributed by atoms with Crippen LogP contribution in [0.25, 0.3) is 11.4 Å². The summed E-state index contributed by atoms with van der Waals surface area (Å²) in [6, 6.07) is 7.22. The van der Waals surface area contributed by atoms with E-state index in [0.717, 1.165) is 29.2 Å². The Morgan fingerprint density at radius 1 is 1.29 bits per heavy atom. The van der Waals surface area contributed by atoms with Crippen LogP contribution in [0.1, 0.15) is 28.7 Å². The molecule has 1 N–H and O–H groups in total. The van der Waals surface area contributed by atoms with Crippen LogP contribution in [0.2, 0.25) is 0 Å². The largest absolute Gasteiger partial charge is 0.319 e. The molecule has 8 nitrogen and oxygen atoms in total. The van der Waals surface area contributed by atoms with E-state index < -0.39 is 0 Å². The summed E-state index contributed by atoms with van der Waals surface area (Å²) < 4.78 is 3.43. The Morgan fingerprint density at radius 3 is 2.71 bits per heavy atom. The smallest absolute Gasteiger partial charge is 0.255 e. The Balaban J connectivity index is 1.89. The number of rotatable bonds is 4. The van der Waals surface area contributed by atoms with Crippen LogP contribution in [-0.4, -0.2) is 35.9 Å². The fourth-order valence-electron chi connectivity index (χ4n) is 2.64. The molecule has 124 valence electrons. The predicted octanol–water partition coefficient (Wildman–Crippen LogP) is 1.96. The van der Waals surface area contributed by atoms with Crippen LogP contribution < -0.4 is 5.32 Å². The van der Waals surface area contributed by atoms with Crippen LogP contribution in [0.15, 0.2) is 24.3 Å². The molecule has 0 radical (unpaired) electrons. The fourth-order valence-corrected chi connectivity index (χ4v) is 2.64. The molecule has 3 aromatic rings. The molecule has 1 aromatic carbocycles. The number of hydrogen-bond donors (Lipinski definition) is 1. The van der Waals surface area contributed by atoms with Crippen molar-refractivity contribution < 1.29 is 4.79 Å². The van der Waals surface area contributed by atoms with Crippen molar-refractivity contribution in [2.75, 3.05) is 5.32 Å². The van der Waals surface area contributed by atoms with Gasteiger partial charge >= 0.3 is 0 Å². The number of nitrogens with zero attached hydrogens (tertiary/aromatic N) is 6. The molecule has 0 spiro atoms. The van der Waals surface area contributed by atoms with E-state index in [4.69, 9.17) is 0 Å². The lowest BCUT2D eigenvalue weighted by Crippen LogP contribution is -2.13. The maximum atomic E-state index is 12.6. The first-order valence-electron chi connectivity index (χ1n) is 7.69. The van der Waals surface area contributed by atoms with Gasteiger partial charge in [0.05, 0.1) is 17.1 Å². The Bertz CT molecular complexity index is 894. The summed E-state index contributed by atoms with van der Waals surface area (Å²) in [6.45, 7) is 6.61. The van der Waals surface area contributed by atoms with E-state index >= 15 is 0 Å². The van der Waals surface area contributed by atoms with Gasteiger partial charge in [0.25, 0.3) is 5.91 Å². The molecule has 3 rings (SSSR count). The van der Waals surface area contributed by atoms with Crippen molar-refractivity contribution in [3.05, 3.63) is 41.2 Å². The molecule has 2 aromatic heterocycles. The first-order valence-corrected chi connectivity index (χ1v) is 7.69. The quantitative estimate of drug-likeness (QED) is 0.792. The number of hydrogen-bond acceptors (Lipinski definition) is 5. The molecule has 0 saturated heterocycles. The molecule has 0 saturated carbocycles. The molecule has 0 bridgehead atoms. The average Bonchev–Trinajstić information content (AvgIpc) is 3.12. The van der Waals surface area contributed by atoms with Crippen LogP contribution in [-0.2, 0) is 13.6 Å². The lowest BCUT2D eigenvalue weighted by atomic mass is 10.1. The number of carbonyl (C=O) groups excluding carboxylic acids is 1. The highest BCUT2D eigenvalue weighted by Crippen LogP contribution is 2.22. The zero-order valence-corrected chi connectivity index (χ0v) is 14.1. The van der Waals surface area contributed by atoms with E-state index in [2.05, 4.69) is 25.9 Å². The average molecular weight is 325 g/mol. The topological polar surface area (TPSA) is 90.5 Å². The molecule has 1 amide bonds. The van der Waals surface area contributed by atoms with Crippen molar-refractivity contribution in [3.63, 3.8) is 0 Å². The van der Waals surface area contributed by atoms with E-state index in [1.54, 1.807) is 23.9 Å². The van der Waals surface area contributed by atoms with Gasteiger partial charge in [-0.15, -0.1) is 5.10 Å². The minimum absolute atomic E-state index is 0.186. The van der Waals surface area contributed by atoms with E-state index in [9.17, 15) is 4.79 Å². The van der Waals surface area contributed by atoms with E-state index in [1.165, 1.54) is 0 Å². The summed E-state index contributed by atoms with van der Waals surface area (Å²) in [5.41, 5.74) is 3.83. The standard InChI is InChI=1S/C16H19N7O/c1-5-23-11(3)14(10(2)19-23)17-16(24)13-8-6-7-12(9-13)15-18-20-21-22(15)4/h6-9H,5H2,1-4H3,(H,17,24). The van der Waals surface area contributed by atoms with Gasteiger partial charge in [-0.05, 0) is 43.3 Å². The molecule has 2 heterocycles. The Morgan fingerprint density at radius 2 is 2.08 bits per heavy atom. The SMILES string of the molecule is CCn1nc(C)c(NC(=O)c2cccc(-c3nnnn3C)c2)c1C. The summed E-state index contributed by atoms with van der Waals surface area (Å²) in [5, 5.41) is 18.8. The minimum Gasteiger partial charge on any atom is -0.319 e. The van der Waals surface area contributed by atoms with Gasteiger partial charge in [0.15, 0.2) is 5.82 Å². The summed E-state index contributed by atoms with van der Waals surface area (Å²) in [4.78, 5) is 12.6. The number of tetrazole rings is 1. The molecule has 8 heteroatoms. The van der Waals surface area contributed by atoms with E-state index in [-0.39, 0.29) is 5.91 Å². The molecule has 0 fully saturated rings. The number of benzene rings is 1. The maximum Gasteiger partial charge on any atom is 0.255 e. The minimum atomic E-state index is -0.186. The van der Waals surface area contributed by atoms with Gasteiger partial charge in [0, 0.05) is 24.7 Å². The number of nitrogens with one attached hydrogen (secondary N) is 1. The van der Waals surface area contributed by atoms with Crippen LogP contribution in [0, 0.1) is 13.8 Å². The van der Waals surface area contributed by atoms with Crippen molar-refractivity contribution >= 4 is 11.6 Å². The number of carbonyl (C=O) groups is 1. The second kappa shape index (κ2) is 6.23. The molecule has 0 aliphatic carbocycles. The first kappa shape index (κ1) is 15.9. The van der Waals surface area contributed by atoms with Gasteiger partial charge in [-0.25, -0.2) is 4.68 Å². The lowest BCUT2D eigenvalue weighted by molar-refractivity contribution is 0.102. The highest BCUT2D eigenvalue weighted by Gasteiger charge is 2.16. The Kier molecular flexibility index (Phi) is 4.11. The van der Waals surface area contributed by atoms with Gasteiger partial charge < -0.3 is 5.32 Å².